The zero-order chi connectivity index (χ0) is 19.1. The number of sulfonamides is 1. The van der Waals surface area contributed by atoms with E-state index in [1.54, 1.807) is 0 Å². The molecule has 0 bridgehead atoms. The van der Waals surface area contributed by atoms with E-state index in [-0.39, 0.29) is 25.6 Å². The smallest absolute Gasteiger partial charge is 0.340 e. The first-order chi connectivity index (χ1) is 12.2. The molecule has 0 spiro atoms. The first-order valence-electron chi connectivity index (χ1n) is 8.77. The predicted molar refractivity (Wildman–Crippen MR) is 95.5 cm³/mol. The summed E-state index contributed by atoms with van der Waals surface area (Å²) in [5.41, 5.74) is 2.41. The van der Waals surface area contributed by atoms with Gasteiger partial charge in [0, 0.05) is 43.6 Å². The first-order valence-corrected chi connectivity index (χ1v) is 10.6. The maximum atomic E-state index is 12.4. The van der Waals surface area contributed by atoms with E-state index in [2.05, 4.69) is 4.57 Å². The van der Waals surface area contributed by atoms with Gasteiger partial charge in [-0.25, -0.2) is 13.2 Å². The summed E-state index contributed by atoms with van der Waals surface area (Å²) in [6.07, 6.45) is 3.41. The SMILES string of the molecule is Cc1cc(C(=O)OCC(=O)N2CCN(S(C)(=O)=O)CC2)c(C)n1C1CC1. The lowest BCUT2D eigenvalue weighted by Gasteiger charge is -2.33. The number of ether oxygens (including phenoxy) is 1. The molecule has 0 unspecified atom stereocenters. The molecule has 2 heterocycles. The Morgan fingerprint density at radius 1 is 1.15 bits per heavy atom. The number of rotatable bonds is 5. The van der Waals surface area contributed by atoms with Gasteiger partial charge in [0.05, 0.1) is 11.8 Å². The minimum Gasteiger partial charge on any atom is -0.452 e. The van der Waals surface area contributed by atoms with Crippen LogP contribution in [0.1, 0.15) is 40.6 Å². The van der Waals surface area contributed by atoms with Gasteiger partial charge in [0.15, 0.2) is 6.61 Å². The molecule has 144 valence electrons. The molecular formula is C17H25N3O5S. The second-order valence-corrected chi connectivity index (χ2v) is 8.99. The molecule has 1 saturated carbocycles. The van der Waals surface area contributed by atoms with Crippen LogP contribution >= 0.6 is 0 Å². The topological polar surface area (TPSA) is 88.9 Å². The monoisotopic (exact) mass is 383 g/mol. The van der Waals surface area contributed by atoms with Crippen molar-refractivity contribution in [3.8, 4) is 0 Å². The molecule has 0 N–H and O–H groups in total. The van der Waals surface area contributed by atoms with Gasteiger partial charge in [0.1, 0.15) is 0 Å². The Morgan fingerprint density at radius 2 is 1.77 bits per heavy atom. The van der Waals surface area contributed by atoms with Crippen LogP contribution in [0.5, 0.6) is 0 Å². The molecule has 1 aromatic rings. The highest BCUT2D eigenvalue weighted by atomic mass is 32.2. The summed E-state index contributed by atoms with van der Waals surface area (Å²) in [5, 5.41) is 0. The molecular weight excluding hydrogens is 358 g/mol. The van der Waals surface area contributed by atoms with Gasteiger partial charge in [0.25, 0.3) is 5.91 Å². The first kappa shape index (κ1) is 18.9. The molecule has 8 nitrogen and oxygen atoms in total. The van der Waals surface area contributed by atoms with Gasteiger partial charge < -0.3 is 14.2 Å². The Bertz CT molecular complexity index is 818. The highest BCUT2D eigenvalue weighted by Crippen LogP contribution is 2.38. The maximum absolute atomic E-state index is 12.4. The van der Waals surface area contributed by atoms with Gasteiger partial charge in [-0.05, 0) is 32.8 Å². The van der Waals surface area contributed by atoms with E-state index >= 15 is 0 Å². The molecule has 0 aromatic carbocycles. The number of carbonyl (C=O) groups excluding carboxylic acids is 2. The minimum atomic E-state index is -3.24. The second kappa shape index (κ2) is 7.03. The zero-order valence-corrected chi connectivity index (χ0v) is 16.2. The number of nitrogens with zero attached hydrogens (tertiary/aromatic N) is 3. The van der Waals surface area contributed by atoms with E-state index in [0.29, 0.717) is 24.7 Å². The van der Waals surface area contributed by atoms with Gasteiger partial charge in [-0.2, -0.15) is 4.31 Å². The number of hydrogen-bond donors (Lipinski definition) is 0. The lowest BCUT2D eigenvalue weighted by atomic mass is 10.2. The van der Waals surface area contributed by atoms with Crippen LogP contribution in [-0.4, -0.2) is 73.1 Å². The zero-order valence-electron chi connectivity index (χ0n) is 15.4. The van der Waals surface area contributed by atoms with Crippen LogP contribution in [0.25, 0.3) is 0 Å². The summed E-state index contributed by atoms with van der Waals surface area (Å²) >= 11 is 0. The van der Waals surface area contributed by atoms with Crippen molar-refractivity contribution in [2.24, 2.45) is 0 Å². The van der Waals surface area contributed by atoms with Gasteiger partial charge in [-0.15, -0.1) is 0 Å². The fraction of sp³-hybridized carbons (Fsp3) is 0.647. The minimum absolute atomic E-state index is 0.265. The van der Waals surface area contributed by atoms with Crippen molar-refractivity contribution in [1.29, 1.82) is 0 Å². The summed E-state index contributed by atoms with van der Waals surface area (Å²) < 4.78 is 31.7. The number of aryl methyl sites for hydroxylation is 1. The lowest BCUT2D eigenvalue weighted by molar-refractivity contribution is -0.135. The van der Waals surface area contributed by atoms with Crippen molar-refractivity contribution >= 4 is 21.9 Å². The van der Waals surface area contributed by atoms with E-state index in [1.165, 1.54) is 9.21 Å². The van der Waals surface area contributed by atoms with Crippen LogP contribution in [0.15, 0.2) is 6.07 Å². The predicted octanol–water partition coefficient (Wildman–Crippen LogP) is 0.700. The molecule has 0 atom stereocenters. The summed E-state index contributed by atoms with van der Waals surface area (Å²) in [5.74, 6) is -0.796. The summed E-state index contributed by atoms with van der Waals surface area (Å²) in [4.78, 5) is 26.1. The summed E-state index contributed by atoms with van der Waals surface area (Å²) in [6.45, 7) is 4.68. The Kier molecular flexibility index (Phi) is 5.12. The van der Waals surface area contributed by atoms with Gasteiger partial charge >= 0.3 is 5.97 Å². The van der Waals surface area contributed by atoms with Gasteiger partial charge in [-0.3, -0.25) is 4.79 Å². The van der Waals surface area contributed by atoms with Crippen molar-refractivity contribution in [2.45, 2.75) is 32.7 Å². The van der Waals surface area contributed by atoms with Gasteiger partial charge in [-0.1, -0.05) is 0 Å². The molecule has 26 heavy (non-hydrogen) atoms. The van der Waals surface area contributed by atoms with Crippen LogP contribution in [0, 0.1) is 13.8 Å². The molecule has 1 amide bonds. The number of aromatic nitrogens is 1. The largest absolute Gasteiger partial charge is 0.452 e. The van der Waals surface area contributed by atoms with Crippen molar-refractivity contribution in [3.63, 3.8) is 0 Å². The van der Waals surface area contributed by atoms with Crippen LogP contribution in [0.4, 0.5) is 0 Å². The third kappa shape index (κ3) is 3.93. The maximum Gasteiger partial charge on any atom is 0.340 e. The van der Waals surface area contributed by atoms with Crippen molar-refractivity contribution in [1.82, 2.24) is 13.8 Å². The molecule has 1 aliphatic heterocycles. The molecule has 1 aliphatic carbocycles. The molecule has 1 saturated heterocycles. The van der Waals surface area contributed by atoms with Crippen molar-refractivity contribution in [3.05, 3.63) is 23.0 Å². The summed E-state index contributed by atoms with van der Waals surface area (Å²) in [6, 6.07) is 2.29. The van der Waals surface area contributed by atoms with Crippen LogP contribution in [0.2, 0.25) is 0 Å². The highest BCUT2D eigenvalue weighted by Gasteiger charge is 2.30. The Balaban J connectivity index is 1.54. The van der Waals surface area contributed by atoms with Crippen molar-refractivity contribution in [2.75, 3.05) is 39.0 Å². The lowest BCUT2D eigenvalue weighted by Crippen LogP contribution is -2.51. The average molecular weight is 383 g/mol. The fourth-order valence-electron chi connectivity index (χ4n) is 3.44. The molecule has 9 heteroatoms. The highest BCUT2D eigenvalue weighted by molar-refractivity contribution is 7.88. The standard InChI is InChI=1S/C17H25N3O5S/c1-12-10-15(13(2)20(12)14-4-5-14)17(22)25-11-16(21)18-6-8-19(9-7-18)26(3,23)24/h10,14H,4-9,11H2,1-3H3. The summed E-state index contributed by atoms with van der Waals surface area (Å²) in [7, 11) is -3.24. The van der Waals surface area contributed by atoms with Crippen LogP contribution < -0.4 is 0 Å². The number of piperazine rings is 1. The quantitative estimate of drug-likeness (QED) is 0.699. The van der Waals surface area contributed by atoms with Crippen LogP contribution in [-0.2, 0) is 19.6 Å². The number of esters is 1. The number of carbonyl (C=O) groups is 2. The third-order valence-electron chi connectivity index (χ3n) is 5.00. The number of amides is 1. The Hall–Kier alpha value is -1.87. The molecule has 0 radical (unpaired) electrons. The van der Waals surface area contributed by atoms with E-state index in [0.717, 1.165) is 30.5 Å². The molecule has 2 fully saturated rings. The van der Waals surface area contributed by atoms with E-state index < -0.39 is 16.0 Å². The third-order valence-corrected chi connectivity index (χ3v) is 6.31. The fourth-order valence-corrected chi connectivity index (χ4v) is 4.27. The van der Waals surface area contributed by atoms with E-state index in [4.69, 9.17) is 4.74 Å². The van der Waals surface area contributed by atoms with E-state index in [9.17, 15) is 18.0 Å². The second-order valence-electron chi connectivity index (χ2n) is 7.00. The Labute approximate surface area is 153 Å². The number of hydrogen-bond acceptors (Lipinski definition) is 5. The average Bonchev–Trinajstić information content (AvgIpc) is 3.37. The Morgan fingerprint density at radius 3 is 2.31 bits per heavy atom. The molecule has 2 aliphatic rings. The van der Waals surface area contributed by atoms with Crippen molar-refractivity contribution < 1.29 is 22.7 Å². The van der Waals surface area contributed by atoms with Crippen LogP contribution in [0.3, 0.4) is 0 Å². The van der Waals surface area contributed by atoms with Gasteiger partial charge in [0.2, 0.25) is 10.0 Å². The van der Waals surface area contributed by atoms with E-state index in [1.807, 2.05) is 19.9 Å². The molecule has 1 aromatic heterocycles. The molecule has 3 rings (SSSR count). The normalized spacial score (nSPS) is 18.8.